The van der Waals surface area contributed by atoms with Gasteiger partial charge in [-0.15, -0.1) is 0 Å². The average Bonchev–Trinajstić information content (AvgIpc) is 3.37. The molecule has 1 aromatic carbocycles. The third kappa shape index (κ3) is 3.05. The first-order chi connectivity index (χ1) is 12.1. The van der Waals surface area contributed by atoms with Crippen LogP contribution in [-0.2, 0) is 0 Å². The van der Waals surface area contributed by atoms with Gasteiger partial charge in [-0.2, -0.15) is 0 Å². The van der Waals surface area contributed by atoms with Crippen LogP contribution in [0, 0.1) is 0 Å². The maximum absolute atomic E-state index is 12.4. The van der Waals surface area contributed by atoms with Gasteiger partial charge in [0, 0.05) is 36.3 Å². The van der Waals surface area contributed by atoms with Crippen LogP contribution in [0.4, 0.5) is 0 Å². The molecule has 2 aliphatic heterocycles. The van der Waals surface area contributed by atoms with Gasteiger partial charge in [0.2, 0.25) is 0 Å². The third-order valence-electron chi connectivity index (χ3n) is 5.08. The van der Waals surface area contributed by atoms with Crippen molar-refractivity contribution in [2.75, 3.05) is 7.05 Å². The van der Waals surface area contributed by atoms with Gasteiger partial charge in [0.1, 0.15) is 5.76 Å². The molecule has 3 N–H and O–H groups in total. The minimum absolute atomic E-state index is 0.157. The van der Waals surface area contributed by atoms with E-state index in [1.54, 1.807) is 37.4 Å². The monoisotopic (exact) mass is 339 g/mol. The lowest BCUT2D eigenvalue weighted by Crippen LogP contribution is -2.42. The number of carbonyl (C=O) groups is 2. The zero-order valence-electron chi connectivity index (χ0n) is 14.0. The number of nitrogens with one attached hydrogen (secondary N) is 3. The molecule has 0 aliphatic carbocycles. The molecule has 3 atom stereocenters. The van der Waals surface area contributed by atoms with E-state index in [4.69, 9.17) is 4.42 Å². The first-order valence-electron chi connectivity index (χ1n) is 8.63. The van der Waals surface area contributed by atoms with Gasteiger partial charge in [-0.25, -0.2) is 0 Å². The summed E-state index contributed by atoms with van der Waals surface area (Å²) in [6.45, 7) is 0. The average molecular weight is 339 g/mol. The highest BCUT2D eigenvalue weighted by atomic mass is 16.3. The van der Waals surface area contributed by atoms with E-state index in [0.717, 1.165) is 18.4 Å². The zero-order valence-corrected chi connectivity index (χ0v) is 14.0. The standard InChI is InChI=1S/C19H21N3O3/c1-20-18(23)12-4-2-3-11(9-12)16-7-8-17(25-16)19(24)22-15-10-13-5-6-14(15)21-13/h2-4,7-9,13-15,21H,5-6,10H2,1H3,(H,20,23)(H,22,24)/t13-,14+,15-/m1/s1. The van der Waals surface area contributed by atoms with E-state index < -0.39 is 0 Å². The van der Waals surface area contributed by atoms with Crippen LogP contribution < -0.4 is 16.0 Å². The van der Waals surface area contributed by atoms with Crippen molar-refractivity contribution in [2.24, 2.45) is 0 Å². The van der Waals surface area contributed by atoms with Crippen molar-refractivity contribution in [3.8, 4) is 11.3 Å². The molecule has 25 heavy (non-hydrogen) atoms. The fourth-order valence-electron chi connectivity index (χ4n) is 3.80. The number of furan rings is 1. The van der Waals surface area contributed by atoms with Crippen LogP contribution >= 0.6 is 0 Å². The molecule has 2 saturated heterocycles. The van der Waals surface area contributed by atoms with E-state index >= 15 is 0 Å². The minimum Gasteiger partial charge on any atom is -0.451 e. The molecule has 2 aromatic rings. The Morgan fingerprint density at radius 2 is 2.04 bits per heavy atom. The van der Waals surface area contributed by atoms with Crippen LogP contribution in [0.15, 0.2) is 40.8 Å². The summed E-state index contributed by atoms with van der Waals surface area (Å²) in [7, 11) is 1.59. The van der Waals surface area contributed by atoms with E-state index in [2.05, 4.69) is 16.0 Å². The molecule has 2 aliphatic rings. The van der Waals surface area contributed by atoms with Crippen LogP contribution in [0.5, 0.6) is 0 Å². The van der Waals surface area contributed by atoms with Crippen LogP contribution in [0.3, 0.4) is 0 Å². The van der Waals surface area contributed by atoms with Crippen molar-refractivity contribution in [1.82, 2.24) is 16.0 Å². The molecule has 6 heteroatoms. The molecule has 0 unspecified atom stereocenters. The normalized spacial score (nSPS) is 24.3. The highest BCUT2D eigenvalue weighted by molar-refractivity contribution is 5.95. The molecular weight excluding hydrogens is 318 g/mol. The number of fused-ring (bicyclic) bond motifs is 2. The summed E-state index contributed by atoms with van der Waals surface area (Å²) in [5.74, 6) is 0.522. The fourth-order valence-corrected chi connectivity index (χ4v) is 3.80. The molecule has 2 bridgehead atoms. The second-order valence-electron chi connectivity index (χ2n) is 6.69. The predicted molar refractivity (Wildman–Crippen MR) is 93.4 cm³/mol. The molecule has 3 heterocycles. The molecule has 130 valence electrons. The van der Waals surface area contributed by atoms with Crippen molar-refractivity contribution in [2.45, 2.75) is 37.4 Å². The lowest BCUT2D eigenvalue weighted by atomic mass is 9.95. The number of hydrogen-bond donors (Lipinski definition) is 3. The van der Waals surface area contributed by atoms with Gasteiger partial charge in [-0.05, 0) is 43.5 Å². The quantitative estimate of drug-likeness (QED) is 0.795. The lowest BCUT2D eigenvalue weighted by molar-refractivity contribution is 0.0902. The Morgan fingerprint density at radius 1 is 1.16 bits per heavy atom. The van der Waals surface area contributed by atoms with E-state index in [9.17, 15) is 9.59 Å². The Morgan fingerprint density at radius 3 is 2.76 bits per heavy atom. The van der Waals surface area contributed by atoms with Crippen LogP contribution in [-0.4, -0.2) is 37.0 Å². The molecular formula is C19H21N3O3. The second-order valence-corrected chi connectivity index (χ2v) is 6.69. The molecule has 0 spiro atoms. The molecule has 1 aromatic heterocycles. The Kier molecular flexibility index (Phi) is 4.05. The molecule has 4 rings (SSSR count). The van der Waals surface area contributed by atoms with Crippen molar-refractivity contribution < 1.29 is 14.0 Å². The lowest BCUT2D eigenvalue weighted by Gasteiger charge is -2.20. The van der Waals surface area contributed by atoms with Crippen molar-refractivity contribution in [3.63, 3.8) is 0 Å². The molecule has 6 nitrogen and oxygen atoms in total. The Bertz CT molecular complexity index is 814. The van der Waals surface area contributed by atoms with Crippen LogP contribution in [0.25, 0.3) is 11.3 Å². The van der Waals surface area contributed by atoms with Crippen LogP contribution in [0.1, 0.15) is 40.2 Å². The van der Waals surface area contributed by atoms with E-state index in [1.165, 1.54) is 6.42 Å². The van der Waals surface area contributed by atoms with E-state index in [1.807, 2.05) is 6.07 Å². The summed E-state index contributed by atoms with van der Waals surface area (Å²) in [4.78, 5) is 24.2. The zero-order chi connectivity index (χ0) is 17.4. The number of amides is 2. The number of rotatable bonds is 4. The maximum Gasteiger partial charge on any atom is 0.287 e. The highest BCUT2D eigenvalue weighted by Crippen LogP contribution is 2.29. The smallest absolute Gasteiger partial charge is 0.287 e. The first-order valence-corrected chi connectivity index (χ1v) is 8.63. The van der Waals surface area contributed by atoms with Crippen molar-refractivity contribution in [1.29, 1.82) is 0 Å². The van der Waals surface area contributed by atoms with Gasteiger partial charge in [-0.3, -0.25) is 9.59 Å². The first kappa shape index (κ1) is 15.9. The molecule has 2 fully saturated rings. The number of benzene rings is 1. The Labute approximate surface area is 146 Å². The van der Waals surface area contributed by atoms with Gasteiger partial charge in [0.15, 0.2) is 5.76 Å². The van der Waals surface area contributed by atoms with Gasteiger partial charge >= 0.3 is 0 Å². The summed E-state index contributed by atoms with van der Waals surface area (Å²) in [5.41, 5.74) is 1.32. The molecule has 2 amide bonds. The predicted octanol–water partition coefficient (Wildman–Crippen LogP) is 1.93. The van der Waals surface area contributed by atoms with Gasteiger partial charge in [0.05, 0.1) is 0 Å². The fraction of sp³-hybridized carbons (Fsp3) is 0.368. The summed E-state index contributed by atoms with van der Waals surface area (Å²) in [6.07, 6.45) is 3.30. The highest BCUT2D eigenvalue weighted by Gasteiger charge is 2.39. The van der Waals surface area contributed by atoms with E-state index in [-0.39, 0.29) is 17.9 Å². The Hall–Kier alpha value is -2.60. The largest absolute Gasteiger partial charge is 0.451 e. The summed E-state index contributed by atoms with van der Waals surface area (Å²) < 4.78 is 5.73. The van der Waals surface area contributed by atoms with Crippen LogP contribution in [0.2, 0.25) is 0 Å². The number of carbonyl (C=O) groups excluding carboxylic acids is 2. The second kappa shape index (κ2) is 6.37. The third-order valence-corrected chi connectivity index (χ3v) is 5.08. The van der Waals surface area contributed by atoms with Gasteiger partial charge in [-0.1, -0.05) is 12.1 Å². The van der Waals surface area contributed by atoms with Crippen molar-refractivity contribution in [3.05, 3.63) is 47.7 Å². The summed E-state index contributed by atoms with van der Waals surface area (Å²) in [6, 6.07) is 11.7. The minimum atomic E-state index is -0.187. The van der Waals surface area contributed by atoms with E-state index in [0.29, 0.717) is 29.2 Å². The topological polar surface area (TPSA) is 83.4 Å². The van der Waals surface area contributed by atoms with Crippen molar-refractivity contribution >= 4 is 11.8 Å². The number of hydrogen-bond acceptors (Lipinski definition) is 4. The summed E-state index contributed by atoms with van der Waals surface area (Å²) in [5, 5.41) is 9.17. The van der Waals surface area contributed by atoms with Gasteiger partial charge < -0.3 is 20.4 Å². The molecule has 0 saturated carbocycles. The summed E-state index contributed by atoms with van der Waals surface area (Å²) >= 11 is 0. The van der Waals surface area contributed by atoms with Gasteiger partial charge in [0.25, 0.3) is 11.8 Å². The maximum atomic E-state index is 12.4. The molecule has 0 radical (unpaired) electrons. The Balaban J connectivity index is 1.48. The SMILES string of the molecule is CNC(=O)c1cccc(-c2ccc(C(=O)N[C@@H]3C[C@H]4CC[C@@H]3N4)o2)c1.